The molecule has 0 radical (unpaired) electrons. The zero-order valence-corrected chi connectivity index (χ0v) is 15.9. The molecule has 0 aromatic carbocycles. The van der Waals surface area contributed by atoms with Crippen LogP contribution in [0, 0.1) is 17.8 Å². The maximum absolute atomic E-state index is 12.1. The summed E-state index contributed by atoms with van der Waals surface area (Å²) in [7, 11) is 0. The van der Waals surface area contributed by atoms with Gasteiger partial charge in [-0.3, -0.25) is 9.59 Å². The fourth-order valence-corrected chi connectivity index (χ4v) is 3.23. The molecule has 0 bridgehead atoms. The molecule has 0 spiro atoms. The normalized spacial score (nSPS) is 28.6. The highest BCUT2D eigenvalue weighted by atomic mass is 16.6. The number of amides is 1. The van der Waals surface area contributed by atoms with Crippen LogP contribution in [0.25, 0.3) is 0 Å². The average Bonchev–Trinajstić information content (AvgIpc) is 3.02. The second kappa shape index (κ2) is 9.01. The summed E-state index contributed by atoms with van der Waals surface area (Å²) >= 11 is 0. The SMILES string of the molecule is C=C[C@@H]1[C@H](C=C)[C@@H](COC(=O)[C@@H](N)C(C)C)O[C@H]1N1C=CCC(C(N)=O)=C1. The van der Waals surface area contributed by atoms with Gasteiger partial charge in [-0.1, -0.05) is 32.1 Å². The Kier molecular flexibility index (Phi) is 6.98. The van der Waals surface area contributed by atoms with E-state index in [0.717, 1.165) is 0 Å². The zero-order valence-electron chi connectivity index (χ0n) is 15.9. The first-order valence-corrected chi connectivity index (χ1v) is 9.07. The number of rotatable bonds is 8. The minimum atomic E-state index is -0.675. The molecule has 148 valence electrons. The number of esters is 1. The summed E-state index contributed by atoms with van der Waals surface area (Å²) in [5.41, 5.74) is 11.7. The Bertz CT molecular complexity index is 656. The number of carbonyl (C=O) groups is 2. The van der Waals surface area contributed by atoms with Gasteiger partial charge in [-0.25, -0.2) is 0 Å². The highest BCUT2D eigenvalue weighted by Gasteiger charge is 2.44. The minimum absolute atomic E-state index is 0.0123. The van der Waals surface area contributed by atoms with E-state index in [4.69, 9.17) is 20.9 Å². The van der Waals surface area contributed by atoms with Crippen molar-refractivity contribution in [2.45, 2.75) is 38.6 Å². The summed E-state index contributed by atoms with van der Waals surface area (Å²) < 4.78 is 11.5. The number of allylic oxidation sites excluding steroid dienone is 1. The van der Waals surface area contributed by atoms with Crippen LogP contribution in [0.1, 0.15) is 20.3 Å². The van der Waals surface area contributed by atoms with Crippen LogP contribution < -0.4 is 11.5 Å². The molecule has 27 heavy (non-hydrogen) atoms. The van der Waals surface area contributed by atoms with Crippen molar-refractivity contribution in [3.05, 3.63) is 49.4 Å². The van der Waals surface area contributed by atoms with Gasteiger partial charge in [0, 0.05) is 29.8 Å². The summed E-state index contributed by atoms with van der Waals surface area (Å²) in [6.45, 7) is 11.6. The first kappa shape index (κ1) is 20.9. The maximum atomic E-state index is 12.1. The molecular weight excluding hydrogens is 346 g/mol. The summed E-state index contributed by atoms with van der Waals surface area (Å²) in [4.78, 5) is 25.4. The third kappa shape index (κ3) is 4.67. The predicted molar refractivity (Wildman–Crippen MR) is 103 cm³/mol. The maximum Gasteiger partial charge on any atom is 0.323 e. The molecule has 2 aliphatic heterocycles. The lowest BCUT2D eigenvalue weighted by molar-refractivity contribution is -0.151. The molecule has 7 nitrogen and oxygen atoms in total. The van der Waals surface area contributed by atoms with Crippen molar-refractivity contribution in [3.63, 3.8) is 0 Å². The lowest BCUT2D eigenvalue weighted by Gasteiger charge is -2.30. The number of hydrogen-bond donors (Lipinski definition) is 2. The van der Waals surface area contributed by atoms with Gasteiger partial charge >= 0.3 is 5.97 Å². The van der Waals surface area contributed by atoms with Crippen molar-refractivity contribution in [2.75, 3.05) is 6.61 Å². The van der Waals surface area contributed by atoms with E-state index in [2.05, 4.69) is 13.2 Å². The Balaban J connectivity index is 2.12. The van der Waals surface area contributed by atoms with Crippen LogP contribution in [0.2, 0.25) is 0 Å². The van der Waals surface area contributed by atoms with E-state index in [1.165, 1.54) is 0 Å². The zero-order chi connectivity index (χ0) is 20.1. The van der Waals surface area contributed by atoms with E-state index in [1.54, 1.807) is 23.3 Å². The standard InChI is InChI=1S/C20H29N3O4/c1-5-14-15(6-2)19(23-9-7-8-13(10-23)18(22)24)27-16(14)11-26-20(25)17(21)12(3)4/h5-7,9-10,12,14-17,19H,1-2,8,11,21H2,3-4H3,(H2,22,24)/t14-,15+,16+,17-,19+/m0/s1. The van der Waals surface area contributed by atoms with Crippen LogP contribution in [0.15, 0.2) is 49.4 Å². The lowest BCUT2D eigenvalue weighted by atomic mass is 9.89. The van der Waals surface area contributed by atoms with Gasteiger partial charge in [0.15, 0.2) is 0 Å². The van der Waals surface area contributed by atoms with Crippen LogP contribution in [0.4, 0.5) is 0 Å². The van der Waals surface area contributed by atoms with Crippen molar-refractivity contribution in [2.24, 2.45) is 29.2 Å². The smallest absolute Gasteiger partial charge is 0.323 e. The summed E-state index contributed by atoms with van der Waals surface area (Å²) in [6, 6.07) is -0.675. The van der Waals surface area contributed by atoms with Gasteiger partial charge in [0.05, 0.1) is 0 Å². The van der Waals surface area contributed by atoms with E-state index >= 15 is 0 Å². The van der Waals surface area contributed by atoms with Crippen LogP contribution in [0.5, 0.6) is 0 Å². The third-order valence-corrected chi connectivity index (χ3v) is 4.97. The van der Waals surface area contributed by atoms with Crippen LogP contribution >= 0.6 is 0 Å². The Labute approximate surface area is 160 Å². The largest absolute Gasteiger partial charge is 0.462 e. The molecule has 0 aliphatic carbocycles. The van der Waals surface area contributed by atoms with Crippen LogP contribution in [-0.2, 0) is 19.1 Å². The van der Waals surface area contributed by atoms with E-state index in [-0.39, 0.29) is 30.5 Å². The molecule has 1 saturated heterocycles. The quantitative estimate of drug-likeness (QED) is 0.491. The van der Waals surface area contributed by atoms with E-state index < -0.39 is 24.1 Å². The van der Waals surface area contributed by atoms with Crippen molar-refractivity contribution in [3.8, 4) is 0 Å². The fourth-order valence-electron chi connectivity index (χ4n) is 3.23. The minimum Gasteiger partial charge on any atom is -0.462 e. The van der Waals surface area contributed by atoms with Crippen LogP contribution in [0.3, 0.4) is 0 Å². The van der Waals surface area contributed by atoms with Crippen molar-refractivity contribution in [1.82, 2.24) is 4.90 Å². The fraction of sp³-hybridized carbons (Fsp3) is 0.500. The molecule has 4 N–H and O–H groups in total. The lowest BCUT2D eigenvalue weighted by Crippen LogP contribution is -2.39. The van der Waals surface area contributed by atoms with Gasteiger partial charge in [0.1, 0.15) is 25.0 Å². The van der Waals surface area contributed by atoms with Gasteiger partial charge in [-0.2, -0.15) is 0 Å². The monoisotopic (exact) mass is 375 g/mol. The number of ether oxygens (including phenoxy) is 2. The summed E-state index contributed by atoms with van der Waals surface area (Å²) in [6.07, 6.45) is 8.64. The first-order chi connectivity index (χ1) is 12.8. The second-order valence-electron chi connectivity index (χ2n) is 7.15. The second-order valence-corrected chi connectivity index (χ2v) is 7.15. The molecule has 1 fully saturated rings. The van der Waals surface area contributed by atoms with Crippen molar-refractivity contribution >= 4 is 11.9 Å². The number of nitrogens with two attached hydrogens (primary N) is 2. The topological polar surface area (TPSA) is 108 Å². The first-order valence-electron chi connectivity index (χ1n) is 9.07. The molecule has 2 aliphatic rings. The molecular formula is C20H29N3O4. The molecule has 0 saturated carbocycles. The summed E-state index contributed by atoms with van der Waals surface area (Å²) in [5.74, 6) is -1.13. The molecule has 0 aromatic heterocycles. The average molecular weight is 375 g/mol. The van der Waals surface area contributed by atoms with Gasteiger partial charge in [-0.15, -0.1) is 13.2 Å². The molecule has 7 heteroatoms. The van der Waals surface area contributed by atoms with Gasteiger partial charge in [0.25, 0.3) is 0 Å². The number of primary amides is 1. The van der Waals surface area contributed by atoms with Gasteiger partial charge in [0.2, 0.25) is 5.91 Å². The van der Waals surface area contributed by atoms with E-state index in [9.17, 15) is 9.59 Å². The molecule has 5 atom stereocenters. The molecule has 0 aromatic rings. The number of carbonyl (C=O) groups excluding carboxylic acids is 2. The van der Waals surface area contributed by atoms with Gasteiger partial charge in [-0.05, 0) is 12.3 Å². The van der Waals surface area contributed by atoms with Crippen molar-refractivity contribution < 1.29 is 19.1 Å². The Morgan fingerprint density at radius 2 is 2.04 bits per heavy atom. The molecule has 0 unspecified atom stereocenters. The molecule has 2 rings (SSSR count). The number of hydrogen-bond acceptors (Lipinski definition) is 6. The number of nitrogens with zero attached hydrogens (tertiary/aromatic N) is 1. The molecule has 1 amide bonds. The predicted octanol–water partition coefficient (Wildman–Crippen LogP) is 1.43. The van der Waals surface area contributed by atoms with E-state index in [1.807, 2.05) is 26.1 Å². The molecule has 2 heterocycles. The Hall–Kier alpha value is -2.38. The Morgan fingerprint density at radius 1 is 1.37 bits per heavy atom. The highest BCUT2D eigenvalue weighted by molar-refractivity contribution is 5.92. The van der Waals surface area contributed by atoms with Crippen molar-refractivity contribution in [1.29, 1.82) is 0 Å². The summed E-state index contributed by atoms with van der Waals surface area (Å²) in [5, 5.41) is 0. The van der Waals surface area contributed by atoms with E-state index in [0.29, 0.717) is 12.0 Å². The van der Waals surface area contributed by atoms with Crippen LogP contribution in [-0.4, -0.2) is 41.8 Å². The van der Waals surface area contributed by atoms with Gasteiger partial charge < -0.3 is 25.8 Å². The Morgan fingerprint density at radius 3 is 2.59 bits per heavy atom. The highest BCUT2D eigenvalue weighted by Crippen LogP contribution is 2.37. The third-order valence-electron chi connectivity index (χ3n) is 4.97.